The topological polar surface area (TPSA) is 100 Å². The van der Waals surface area contributed by atoms with Gasteiger partial charge in [0.25, 0.3) is 10.0 Å². The fraction of sp³-hybridized carbons (Fsp3) is 0.261. The molecule has 1 aliphatic rings. The number of amides is 1. The van der Waals surface area contributed by atoms with Gasteiger partial charge in [-0.1, -0.05) is 29.0 Å². The molecular weight excluding hydrogens is 508 g/mol. The number of piperazine rings is 1. The summed E-state index contributed by atoms with van der Waals surface area (Å²) in [5, 5.41) is 9.18. The van der Waals surface area contributed by atoms with Crippen molar-refractivity contribution >= 4 is 60.6 Å². The number of nitrogens with zero attached hydrogens (tertiary/aromatic N) is 5. The monoisotopic (exact) mass is 530 g/mol. The van der Waals surface area contributed by atoms with Crippen LogP contribution in [0, 0.1) is 0 Å². The molecule has 1 N–H and O–H groups in total. The van der Waals surface area contributed by atoms with Crippen molar-refractivity contribution in [3.05, 3.63) is 65.3 Å². The maximum Gasteiger partial charge on any atom is 0.263 e. The summed E-state index contributed by atoms with van der Waals surface area (Å²) in [4.78, 5) is 17.4. The van der Waals surface area contributed by atoms with Crippen molar-refractivity contribution in [1.82, 2.24) is 19.7 Å². The molecule has 182 valence electrons. The van der Waals surface area contributed by atoms with Gasteiger partial charge in [-0.3, -0.25) is 9.52 Å². The quantitative estimate of drug-likeness (QED) is 0.406. The zero-order chi connectivity index (χ0) is 24.6. The Labute approximate surface area is 212 Å². The Balaban J connectivity index is 1.22. The van der Waals surface area contributed by atoms with Crippen LogP contribution in [0.1, 0.15) is 13.0 Å². The van der Waals surface area contributed by atoms with E-state index in [-0.39, 0.29) is 22.0 Å². The molecule has 1 aliphatic heterocycles. The standard InChI is InChI=1S/C23H23ClN6O3S2/c1-16(30-10-9-19-20(24)3-2-4-21(19)30)22(31)29-13-11-28(12-14-29)17-5-7-18(8-6-17)35(32,33)27-23-26-25-15-34-23/h2-10,15-16H,11-14H2,1H3,(H,26,27)/t16-/m1/s1. The summed E-state index contributed by atoms with van der Waals surface area (Å²) in [6, 6.07) is 14.0. The zero-order valence-electron chi connectivity index (χ0n) is 18.8. The lowest BCUT2D eigenvalue weighted by Crippen LogP contribution is -2.50. The van der Waals surface area contributed by atoms with Gasteiger partial charge in [0.15, 0.2) is 0 Å². The van der Waals surface area contributed by atoms with Gasteiger partial charge in [-0.05, 0) is 49.4 Å². The van der Waals surface area contributed by atoms with Crippen LogP contribution in [0.15, 0.2) is 65.1 Å². The average molecular weight is 531 g/mol. The molecule has 0 unspecified atom stereocenters. The first-order valence-electron chi connectivity index (χ1n) is 11.0. The maximum atomic E-state index is 13.2. The number of hydrogen-bond acceptors (Lipinski definition) is 7. The zero-order valence-corrected chi connectivity index (χ0v) is 21.2. The molecule has 1 atom stereocenters. The van der Waals surface area contributed by atoms with Gasteiger partial charge >= 0.3 is 0 Å². The van der Waals surface area contributed by atoms with Gasteiger partial charge in [0.05, 0.1) is 10.4 Å². The van der Waals surface area contributed by atoms with Gasteiger partial charge < -0.3 is 14.4 Å². The highest BCUT2D eigenvalue weighted by Crippen LogP contribution is 2.28. The van der Waals surface area contributed by atoms with Gasteiger partial charge in [-0.15, -0.1) is 10.2 Å². The normalized spacial score (nSPS) is 15.4. The van der Waals surface area contributed by atoms with Crippen LogP contribution in [-0.2, 0) is 14.8 Å². The lowest BCUT2D eigenvalue weighted by molar-refractivity contribution is -0.134. The molecular formula is C23H23ClN6O3S2. The lowest BCUT2D eigenvalue weighted by Gasteiger charge is -2.37. The third-order valence-electron chi connectivity index (χ3n) is 6.17. The third-order valence-corrected chi connectivity index (χ3v) is 8.59. The summed E-state index contributed by atoms with van der Waals surface area (Å²) in [6.07, 6.45) is 1.91. The first-order valence-corrected chi connectivity index (χ1v) is 13.8. The van der Waals surface area contributed by atoms with Gasteiger partial charge in [0.2, 0.25) is 11.0 Å². The van der Waals surface area contributed by atoms with E-state index in [9.17, 15) is 13.2 Å². The molecule has 1 amide bonds. The first-order chi connectivity index (χ1) is 16.8. The molecule has 0 aliphatic carbocycles. The number of benzene rings is 2. The minimum absolute atomic E-state index is 0.0614. The predicted molar refractivity (Wildman–Crippen MR) is 138 cm³/mol. The molecule has 3 heterocycles. The average Bonchev–Trinajstić information content (AvgIpc) is 3.54. The number of nitrogens with one attached hydrogen (secondary N) is 1. The van der Waals surface area contributed by atoms with E-state index in [1.165, 1.54) is 5.51 Å². The van der Waals surface area contributed by atoms with Gasteiger partial charge in [0.1, 0.15) is 11.6 Å². The molecule has 4 aromatic rings. The van der Waals surface area contributed by atoms with Crippen molar-refractivity contribution in [2.45, 2.75) is 17.9 Å². The highest BCUT2D eigenvalue weighted by Gasteiger charge is 2.27. The van der Waals surface area contributed by atoms with Crippen LogP contribution in [0.25, 0.3) is 10.9 Å². The van der Waals surface area contributed by atoms with E-state index in [1.807, 2.05) is 46.9 Å². The molecule has 0 bridgehead atoms. The van der Waals surface area contributed by atoms with Crippen molar-refractivity contribution in [3.63, 3.8) is 0 Å². The van der Waals surface area contributed by atoms with Crippen molar-refractivity contribution < 1.29 is 13.2 Å². The molecule has 12 heteroatoms. The molecule has 2 aromatic heterocycles. The minimum atomic E-state index is -3.72. The summed E-state index contributed by atoms with van der Waals surface area (Å²) in [7, 11) is -3.72. The summed E-state index contributed by atoms with van der Waals surface area (Å²) < 4.78 is 29.4. The molecule has 0 saturated carbocycles. The smallest absolute Gasteiger partial charge is 0.263 e. The molecule has 1 fully saturated rings. The summed E-state index contributed by atoms with van der Waals surface area (Å²) in [5.41, 5.74) is 3.31. The van der Waals surface area contributed by atoms with E-state index < -0.39 is 10.0 Å². The van der Waals surface area contributed by atoms with Crippen molar-refractivity contribution in [2.24, 2.45) is 0 Å². The van der Waals surface area contributed by atoms with Gasteiger partial charge in [-0.25, -0.2) is 8.42 Å². The third kappa shape index (κ3) is 4.71. The van der Waals surface area contributed by atoms with E-state index in [4.69, 9.17) is 11.6 Å². The van der Waals surface area contributed by atoms with Crippen LogP contribution in [-0.4, -0.2) is 60.2 Å². The van der Waals surface area contributed by atoms with Crippen LogP contribution >= 0.6 is 22.9 Å². The second kappa shape index (κ2) is 9.48. The van der Waals surface area contributed by atoms with Gasteiger partial charge in [-0.2, -0.15) is 0 Å². The minimum Gasteiger partial charge on any atom is -0.368 e. The fourth-order valence-electron chi connectivity index (χ4n) is 4.28. The van der Waals surface area contributed by atoms with Crippen LogP contribution < -0.4 is 9.62 Å². The molecule has 1 saturated heterocycles. The number of hydrogen-bond donors (Lipinski definition) is 1. The second-order valence-corrected chi connectivity index (χ2v) is 11.2. The number of anilines is 2. The number of halogens is 1. The summed E-state index contributed by atoms with van der Waals surface area (Å²) in [6.45, 7) is 4.39. The summed E-state index contributed by atoms with van der Waals surface area (Å²) >= 11 is 7.40. The van der Waals surface area contributed by atoms with Gasteiger partial charge in [0, 0.05) is 48.5 Å². The van der Waals surface area contributed by atoms with Crippen LogP contribution in [0.4, 0.5) is 10.8 Å². The number of sulfonamides is 1. The van der Waals surface area contributed by atoms with E-state index in [0.717, 1.165) is 27.9 Å². The Morgan fingerprint density at radius 2 is 1.83 bits per heavy atom. The second-order valence-electron chi connectivity index (χ2n) is 8.23. The SMILES string of the molecule is C[C@H](C(=O)N1CCN(c2ccc(S(=O)(=O)Nc3nncs3)cc2)CC1)n1ccc2c(Cl)cccc21. The highest BCUT2D eigenvalue weighted by atomic mass is 35.5. The highest BCUT2D eigenvalue weighted by molar-refractivity contribution is 7.93. The molecule has 5 rings (SSSR count). The van der Waals surface area contributed by atoms with E-state index >= 15 is 0 Å². The fourth-order valence-corrected chi connectivity index (χ4v) is 6.21. The number of aromatic nitrogens is 3. The molecule has 0 spiro atoms. The Kier molecular flexibility index (Phi) is 6.39. The summed E-state index contributed by atoms with van der Waals surface area (Å²) in [5.74, 6) is 0.0614. The Hall–Kier alpha value is -3.15. The Morgan fingerprint density at radius 3 is 2.51 bits per heavy atom. The van der Waals surface area contributed by atoms with Crippen molar-refractivity contribution in [1.29, 1.82) is 0 Å². The maximum absolute atomic E-state index is 13.2. The Morgan fingerprint density at radius 1 is 1.09 bits per heavy atom. The van der Waals surface area contributed by atoms with E-state index in [0.29, 0.717) is 31.2 Å². The molecule has 35 heavy (non-hydrogen) atoms. The molecule has 2 aromatic carbocycles. The largest absolute Gasteiger partial charge is 0.368 e. The number of carbonyl (C=O) groups excluding carboxylic acids is 1. The van der Waals surface area contributed by atoms with Crippen molar-refractivity contribution in [3.8, 4) is 0 Å². The van der Waals surface area contributed by atoms with Crippen LogP contribution in [0.2, 0.25) is 5.02 Å². The van der Waals surface area contributed by atoms with E-state index in [1.54, 1.807) is 24.3 Å². The predicted octanol–water partition coefficient (Wildman–Crippen LogP) is 3.86. The molecule has 9 nitrogen and oxygen atoms in total. The molecule has 0 radical (unpaired) electrons. The number of carbonyl (C=O) groups is 1. The number of fused-ring (bicyclic) bond motifs is 1. The first kappa shape index (κ1) is 23.6. The lowest BCUT2D eigenvalue weighted by atomic mass is 10.2. The Bertz CT molecular complexity index is 1450. The van der Waals surface area contributed by atoms with E-state index in [2.05, 4.69) is 19.8 Å². The van der Waals surface area contributed by atoms with Crippen LogP contribution in [0.3, 0.4) is 0 Å². The van der Waals surface area contributed by atoms with Crippen LogP contribution in [0.5, 0.6) is 0 Å². The number of rotatable bonds is 6. The van der Waals surface area contributed by atoms with Crippen molar-refractivity contribution in [2.75, 3.05) is 35.8 Å².